The zero-order valence-corrected chi connectivity index (χ0v) is 24.2. The van der Waals surface area contributed by atoms with Crippen LogP contribution in [0.4, 0.5) is 40.8 Å². The van der Waals surface area contributed by atoms with E-state index in [4.69, 9.17) is 0 Å². The van der Waals surface area contributed by atoms with E-state index in [0.29, 0.717) is 17.0 Å². The van der Waals surface area contributed by atoms with Crippen molar-refractivity contribution in [2.24, 2.45) is 5.10 Å². The zero-order valence-electron chi connectivity index (χ0n) is 22.5. The highest BCUT2D eigenvalue weighted by Crippen LogP contribution is 2.37. The molecule has 1 atom stereocenters. The molecule has 244 valence electrons. The Morgan fingerprint density at radius 3 is 1.60 bits per heavy atom. The highest BCUT2D eigenvalue weighted by molar-refractivity contribution is 7.87. The molecule has 0 fully saturated rings. The molecule has 45 heavy (non-hydrogen) atoms. The molecule has 1 heterocycles. The van der Waals surface area contributed by atoms with Gasteiger partial charge in [0.1, 0.15) is 13.2 Å². The summed E-state index contributed by atoms with van der Waals surface area (Å²) in [6.07, 6.45) is -8.03. The minimum atomic E-state index is -4.83. The fourth-order valence-corrected chi connectivity index (χ4v) is 5.85. The first kappa shape index (κ1) is 34.3. The summed E-state index contributed by atoms with van der Waals surface area (Å²) in [6.45, 7) is -4.11. The maximum Gasteiger partial charge on any atom is 0.331 e. The number of hydrazone groups is 1. The van der Waals surface area contributed by atoms with Gasteiger partial charge in [-0.15, -0.1) is 0 Å². The Labute approximate surface area is 252 Å². The van der Waals surface area contributed by atoms with E-state index >= 15 is 0 Å². The van der Waals surface area contributed by atoms with Crippen LogP contribution in [0.1, 0.15) is 23.6 Å². The number of hydrogen-bond donors (Lipinski definition) is 0. The Morgan fingerprint density at radius 2 is 1.16 bits per heavy atom. The van der Waals surface area contributed by atoms with Gasteiger partial charge in [0.2, 0.25) is 0 Å². The molecule has 8 nitrogen and oxygen atoms in total. The average Bonchev–Trinajstić information content (AvgIpc) is 3.45. The SMILES string of the molecule is O=S(=O)(OCC(F)(F)C(F)F)c1ccc(C2=NN(c3ccc(S(=O)(=O)OCC(F)(F)C(F)F)cc3)C(c3ccccc3)C2)cc1. The molecule has 0 bridgehead atoms. The third-order valence-electron chi connectivity index (χ3n) is 6.41. The van der Waals surface area contributed by atoms with E-state index in [9.17, 15) is 52.0 Å². The number of nitrogens with zero attached hydrogens (tertiary/aromatic N) is 2. The normalized spacial score (nSPS) is 16.4. The monoisotopic (exact) mass is 686 g/mol. The number of alkyl halides is 8. The van der Waals surface area contributed by atoms with Crippen LogP contribution in [0, 0.1) is 0 Å². The summed E-state index contributed by atoms with van der Waals surface area (Å²) in [5.74, 6) is -9.37. The fraction of sp³-hybridized carbons (Fsp3) is 0.296. The van der Waals surface area contributed by atoms with Crippen LogP contribution in [0.5, 0.6) is 0 Å². The molecule has 0 aromatic heterocycles. The molecule has 0 spiro atoms. The van der Waals surface area contributed by atoms with Gasteiger partial charge in [0.15, 0.2) is 0 Å². The van der Waals surface area contributed by atoms with Crippen molar-refractivity contribution in [2.75, 3.05) is 18.2 Å². The predicted molar refractivity (Wildman–Crippen MR) is 144 cm³/mol. The second-order valence-electron chi connectivity index (χ2n) is 9.60. The van der Waals surface area contributed by atoms with E-state index in [-0.39, 0.29) is 6.42 Å². The van der Waals surface area contributed by atoms with E-state index < -0.39 is 74.0 Å². The molecular formula is C27H22F8N2O6S2. The van der Waals surface area contributed by atoms with Crippen LogP contribution in [0.15, 0.2) is 93.8 Å². The first-order valence-corrected chi connectivity index (χ1v) is 15.5. The van der Waals surface area contributed by atoms with Crippen molar-refractivity contribution in [3.63, 3.8) is 0 Å². The molecule has 4 rings (SSSR count). The van der Waals surface area contributed by atoms with Gasteiger partial charge in [-0.05, 0) is 47.5 Å². The molecular weight excluding hydrogens is 664 g/mol. The lowest BCUT2D eigenvalue weighted by atomic mass is 9.98. The molecule has 0 aliphatic carbocycles. The standard InChI is InChI=1S/C27H22F8N2O6S2/c28-24(29)26(32,33)15-42-44(38,39)20-10-6-17(7-11-20)22-14-23(18-4-2-1-3-5-18)37(36-22)19-8-12-21(13-9-19)45(40,41)43-16-27(34,35)25(30)31/h1-13,23-25H,14-16H2. The summed E-state index contributed by atoms with van der Waals surface area (Å²) in [4.78, 5) is -1.15. The molecule has 1 aliphatic heterocycles. The summed E-state index contributed by atoms with van der Waals surface area (Å²) in [6, 6.07) is 17.6. The van der Waals surface area contributed by atoms with Crippen LogP contribution in [0.2, 0.25) is 0 Å². The second-order valence-corrected chi connectivity index (χ2v) is 12.8. The number of hydrogen-bond acceptors (Lipinski definition) is 8. The van der Waals surface area contributed by atoms with E-state index in [2.05, 4.69) is 13.5 Å². The van der Waals surface area contributed by atoms with Crippen molar-refractivity contribution in [1.29, 1.82) is 0 Å². The number of benzene rings is 3. The number of rotatable bonds is 13. The number of halogens is 8. The van der Waals surface area contributed by atoms with Gasteiger partial charge in [0.25, 0.3) is 20.2 Å². The van der Waals surface area contributed by atoms with Gasteiger partial charge < -0.3 is 0 Å². The molecule has 18 heteroatoms. The first-order chi connectivity index (χ1) is 20.9. The van der Waals surface area contributed by atoms with Gasteiger partial charge in [-0.25, -0.2) is 17.6 Å². The lowest BCUT2D eigenvalue weighted by molar-refractivity contribution is -0.147. The summed E-state index contributed by atoms with van der Waals surface area (Å²) < 4.78 is 160. The van der Waals surface area contributed by atoms with Crippen LogP contribution in [-0.4, -0.2) is 60.5 Å². The molecule has 1 unspecified atom stereocenters. The zero-order chi connectivity index (χ0) is 33.2. The van der Waals surface area contributed by atoms with Crippen LogP contribution >= 0.6 is 0 Å². The maximum absolute atomic E-state index is 13.2. The molecule has 0 amide bonds. The van der Waals surface area contributed by atoms with Gasteiger partial charge in [0, 0.05) is 6.42 Å². The second kappa shape index (κ2) is 13.0. The summed E-state index contributed by atoms with van der Waals surface area (Å²) >= 11 is 0. The Bertz CT molecular complexity index is 1720. The molecule has 0 saturated heterocycles. The molecule has 0 saturated carbocycles. The van der Waals surface area contributed by atoms with Gasteiger partial charge in [-0.1, -0.05) is 42.5 Å². The van der Waals surface area contributed by atoms with Crippen LogP contribution in [0.25, 0.3) is 0 Å². The van der Waals surface area contributed by atoms with Gasteiger partial charge in [-0.2, -0.15) is 39.5 Å². The van der Waals surface area contributed by atoms with Crippen molar-refractivity contribution < 1.29 is 60.3 Å². The van der Waals surface area contributed by atoms with E-state index in [1.165, 1.54) is 29.3 Å². The third-order valence-corrected chi connectivity index (χ3v) is 8.97. The Balaban J connectivity index is 1.58. The minimum absolute atomic E-state index is 0.235. The highest BCUT2D eigenvalue weighted by atomic mass is 32.2. The van der Waals surface area contributed by atoms with Crippen molar-refractivity contribution in [3.05, 3.63) is 90.0 Å². The predicted octanol–water partition coefficient (Wildman–Crippen LogP) is 6.25. The van der Waals surface area contributed by atoms with E-state index in [0.717, 1.165) is 29.8 Å². The summed E-state index contributed by atoms with van der Waals surface area (Å²) in [5, 5.41) is 6.08. The van der Waals surface area contributed by atoms with Gasteiger partial charge in [-0.3, -0.25) is 13.4 Å². The number of anilines is 1. The maximum atomic E-state index is 13.2. The van der Waals surface area contributed by atoms with Crippen molar-refractivity contribution in [2.45, 2.75) is 46.9 Å². The van der Waals surface area contributed by atoms with Crippen molar-refractivity contribution in [1.82, 2.24) is 0 Å². The minimum Gasteiger partial charge on any atom is -0.260 e. The quantitative estimate of drug-likeness (QED) is 0.155. The smallest absolute Gasteiger partial charge is 0.260 e. The lowest BCUT2D eigenvalue weighted by Gasteiger charge is -2.24. The van der Waals surface area contributed by atoms with Crippen LogP contribution in [-0.2, 0) is 28.6 Å². The van der Waals surface area contributed by atoms with Crippen LogP contribution < -0.4 is 5.01 Å². The molecule has 3 aromatic carbocycles. The fourth-order valence-electron chi connectivity index (χ4n) is 4.01. The Morgan fingerprint density at radius 1 is 0.711 bits per heavy atom. The van der Waals surface area contributed by atoms with Gasteiger partial charge in [0.05, 0.1) is 27.2 Å². The van der Waals surface area contributed by atoms with Gasteiger partial charge >= 0.3 is 24.7 Å². The molecule has 1 aliphatic rings. The molecule has 0 N–H and O–H groups in total. The highest BCUT2D eigenvalue weighted by Gasteiger charge is 2.43. The van der Waals surface area contributed by atoms with E-state index in [1.54, 1.807) is 30.3 Å². The topological polar surface area (TPSA) is 102 Å². The van der Waals surface area contributed by atoms with Crippen molar-refractivity contribution >= 4 is 31.6 Å². The van der Waals surface area contributed by atoms with E-state index in [1.807, 2.05) is 0 Å². The Hall–Kier alpha value is -3.61. The summed E-state index contributed by atoms with van der Waals surface area (Å²) in [7, 11) is -9.63. The molecule has 0 radical (unpaired) electrons. The lowest BCUT2D eigenvalue weighted by Crippen LogP contribution is -2.33. The average molecular weight is 687 g/mol. The Kier molecular flexibility index (Phi) is 9.91. The van der Waals surface area contributed by atoms with Crippen molar-refractivity contribution in [3.8, 4) is 0 Å². The summed E-state index contributed by atoms with van der Waals surface area (Å²) in [5.41, 5.74) is 1.89. The first-order valence-electron chi connectivity index (χ1n) is 12.7. The molecule has 3 aromatic rings. The largest absolute Gasteiger partial charge is 0.331 e. The third kappa shape index (κ3) is 7.98. The van der Waals surface area contributed by atoms with Crippen LogP contribution in [0.3, 0.4) is 0 Å².